The highest BCUT2D eigenvalue weighted by molar-refractivity contribution is 7.93. The summed E-state index contributed by atoms with van der Waals surface area (Å²) in [4.78, 5) is -0.110. The number of ether oxygens (including phenoxy) is 1. The molecule has 0 radical (unpaired) electrons. The molecule has 0 atom stereocenters. The summed E-state index contributed by atoms with van der Waals surface area (Å²) in [5, 5.41) is 2.75. The van der Waals surface area contributed by atoms with Crippen LogP contribution in [0.4, 0.5) is 13.2 Å². The molecular weight excluding hydrogens is 447 g/mol. The number of aryl methyl sites for hydroxylation is 1. The van der Waals surface area contributed by atoms with Crippen molar-refractivity contribution in [1.29, 1.82) is 0 Å². The Morgan fingerprint density at radius 1 is 0.933 bits per heavy atom. The summed E-state index contributed by atoms with van der Waals surface area (Å²) in [7, 11) is -7.35. The highest BCUT2D eigenvalue weighted by Gasteiger charge is 2.38. The van der Waals surface area contributed by atoms with Gasteiger partial charge in [-0.3, -0.25) is 4.28 Å². The Labute approximate surface area is 172 Å². The van der Waals surface area contributed by atoms with Crippen LogP contribution >= 0.6 is 0 Å². The van der Waals surface area contributed by atoms with Crippen LogP contribution in [0.15, 0.2) is 58.6 Å². The molecule has 0 aliphatic rings. The number of hydrogen-bond donors (Lipinski definition) is 0. The Morgan fingerprint density at radius 2 is 1.50 bits per heavy atom. The maximum absolute atomic E-state index is 13.3. The zero-order valence-electron chi connectivity index (χ0n) is 15.9. The van der Waals surface area contributed by atoms with Crippen molar-refractivity contribution in [2.45, 2.75) is 18.0 Å². The zero-order valence-corrected chi connectivity index (χ0v) is 17.5. The van der Waals surface area contributed by atoms with Crippen molar-refractivity contribution in [1.82, 2.24) is 0 Å². The monoisotopic (exact) mass is 465 g/mol. The van der Waals surface area contributed by atoms with E-state index >= 15 is 0 Å². The van der Waals surface area contributed by atoms with Gasteiger partial charge in [-0.25, -0.2) is 8.42 Å². The Kier molecular flexibility index (Phi) is 7.14. The van der Waals surface area contributed by atoms with Crippen molar-refractivity contribution in [3.63, 3.8) is 0 Å². The minimum Gasteiger partial charge on any atom is -0.497 e. The lowest BCUT2D eigenvalue weighted by molar-refractivity contribution is -0.0597. The first kappa shape index (κ1) is 23.7. The van der Waals surface area contributed by atoms with E-state index in [-0.39, 0.29) is 10.6 Å². The predicted molar refractivity (Wildman–Crippen MR) is 104 cm³/mol. The number of halogens is 3. The molecule has 2 rings (SSSR count). The Morgan fingerprint density at radius 3 is 2.00 bits per heavy atom. The van der Waals surface area contributed by atoms with E-state index in [0.29, 0.717) is 0 Å². The zero-order chi connectivity index (χ0) is 22.6. The van der Waals surface area contributed by atoms with Crippen molar-refractivity contribution < 1.29 is 39.0 Å². The number of rotatable bonds is 8. The van der Waals surface area contributed by atoms with E-state index in [1.807, 2.05) is 0 Å². The third-order valence-corrected chi connectivity index (χ3v) is 6.85. The van der Waals surface area contributed by atoms with Gasteiger partial charge in [0.15, 0.2) is 15.5 Å². The number of benzene rings is 2. The number of nitrogens with zero attached hydrogens (tertiary/aromatic N) is 1. The normalized spacial score (nSPS) is 13.2. The van der Waals surface area contributed by atoms with Gasteiger partial charge < -0.3 is 4.74 Å². The van der Waals surface area contributed by atoms with Gasteiger partial charge in [0.25, 0.3) is 0 Å². The van der Waals surface area contributed by atoms with Gasteiger partial charge in [0.05, 0.1) is 17.8 Å². The summed E-state index contributed by atoms with van der Waals surface area (Å²) in [6, 6.07) is 10.2. The molecule has 30 heavy (non-hydrogen) atoms. The van der Waals surface area contributed by atoms with E-state index in [1.54, 1.807) is 6.92 Å². The molecule has 0 saturated carbocycles. The number of hydrogen-bond acceptors (Lipinski definition) is 7. The van der Waals surface area contributed by atoms with Gasteiger partial charge in [-0.05, 0) is 43.3 Å². The van der Waals surface area contributed by atoms with Gasteiger partial charge in [0.2, 0.25) is 0 Å². The van der Waals surface area contributed by atoms with E-state index in [4.69, 9.17) is 4.74 Å². The van der Waals surface area contributed by atoms with E-state index < -0.39 is 48.9 Å². The molecule has 0 aliphatic carbocycles. The van der Waals surface area contributed by atoms with Gasteiger partial charge in [0.1, 0.15) is 11.5 Å². The average molecular weight is 465 g/mol. The molecule has 0 amide bonds. The van der Waals surface area contributed by atoms with Gasteiger partial charge in [-0.15, -0.1) is 0 Å². The van der Waals surface area contributed by atoms with Crippen molar-refractivity contribution in [2.75, 3.05) is 18.6 Å². The summed E-state index contributed by atoms with van der Waals surface area (Å²) < 4.78 is 97.1. The third-order valence-electron chi connectivity index (χ3n) is 3.86. The fourth-order valence-corrected chi connectivity index (χ4v) is 4.97. The standard InChI is InChI=1S/C18H18F3NO6S2/c1-13-3-9-16(10-4-13)29(23,24)11-12-30(25,26)28-22-17(18(19,20)21)14-5-7-15(27-2)8-6-14/h3-10H,11-12H2,1-2H3. The van der Waals surface area contributed by atoms with Crippen LogP contribution < -0.4 is 4.74 Å². The van der Waals surface area contributed by atoms with Crippen LogP contribution in [0, 0.1) is 6.92 Å². The van der Waals surface area contributed by atoms with Crippen LogP contribution in [0.2, 0.25) is 0 Å². The van der Waals surface area contributed by atoms with Gasteiger partial charge in [-0.1, -0.05) is 22.9 Å². The molecule has 2 aromatic carbocycles. The second-order valence-corrected chi connectivity index (χ2v) is 9.92. The van der Waals surface area contributed by atoms with Crippen molar-refractivity contribution >= 4 is 25.7 Å². The molecule has 0 aromatic heterocycles. The van der Waals surface area contributed by atoms with E-state index in [0.717, 1.165) is 17.7 Å². The molecule has 12 heteroatoms. The van der Waals surface area contributed by atoms with Crippen LogP contribution in [0.25, 0.3) is 0 Å². The van der Waals surface area contributed by atoms with Crippen LogP contribution in [-0.2, 0) is 24.2 Å². The number of alkyl halides is 3. The Balaban J connectivity index is 2.18. The van der Waals surface area contributed by atoms with Gasteiger partial charge in [-0.2, -0.15) is 21.6 Å². The number of oxime groups is 1. The topological polar surface area (TPSA) is 99.1 Å². The molecule has 0 N–H and O–H groups in total. The smallest absolute Gasteiger partial charge is 0.437 e. The average Bonchev–Trinajstić information content (AvgIpc) is 2.66. The lowest BCUT2D eigenvalue weighted by Gasteiger charge is -2.11. The molecule has 0 aliphatic heterocycles. The van der Waals surface area contributed by atoms with Crippen LogP contribution in [0.1, 0.15) is 11.1 Å². The summed E-state index contributed by atoms with van der Waals surface area (Å²) in [5.74, 6) is -1.66. The summed E-state index contributed by atoms with van der Waals surface area (Å²) in [5.41, 5.74) is -1.24. The maximum Gasteiger partial charge on any atom is 0.437 e. The summed E-state index contributed by atoms with van der Waals surface area (Å²) >= 11 is 0. The minimum absolute atomic E-state index is 0.110. The fourth-order valence-electron chi connectivity index (χ4n) is 2.22. The predicted octanol–water partition coefficient (Wildman–Crippen LogP) is 3.09. The summed E-state index contributed by atoms with van der Waals surface area (Å²) in [6.07, 6.45) is -5.02. The highest BCUT2D eigenvalue weighted by Crippen LogP contribution is 2.25. The van der Waals surface area contributed by atoms with E-state index in [9.17, 15) is 30.0 Å². The van der Waals surface area contributed by atoms with Crippen LogP contribution in [-0.4, -0.2) is 47.3 Å². The lowest BCUT2D eigenvalue weighted by atomic mass is 10.1. The van der Waals surface area contributed by atoms with Crippen molar-refractivity contribution in [3.05, 3.63) is 59.7 Å². The van der Waals surface area contributed by atoms with Crippen molar-refractivity contribution in [3.8, 4) is 5.75 Å². The largest absolute Gasteiger partial charge is 0.497 e. The molecule has 0 fully saturated rings. The Bertz CT molecular complexity index is 1110. The molecule has 0 heterocycles. The molecule has 0 spiro atoms. The molecule has 164 valence electrons. The fraction of sp³-hybridized carbons (Fsp3) is 0.278. The highest BCUT2D eigenvalue weighted by atomic mass is 32.2. The second kappa shape index (κ2) is 9.04. The SMILES string of the molecule is COc1ccc(C(=NOS(=O)(=O)CCS(=O)(=O)c2ccc(C)cc2)C(F)(F)F)cc1. The molecule has 0 saturated heterocycles. The van der Waals surface area contributed by atoms with Crippen LogP contribution in [0.3, 0.4) is 0 Å². The quantitative estimate of drug-likeness (QED) is 0.439. The van der Waals surface area contributed by atoms with E-state index in [1.165, 1.54) is 43.5 Å². The molecule has 7 nitrogen and oxygen atoms in total. The maximum atomic E-state index is 13.3. The molecule has 2 aromatic rings. The van der Waals surface area contributed by atoms with Crippen molar-refractivity contribution in [2.24, 2.45) is 5.16 Å². The Hall–Kier alpha value is -2.60. The second-order valence-electron chi connectivity index (χ2n) is 6.13. The number of sulfone groups is 1. The van der Waals surface area contributed by atoms with Crippen LogP contribution in [0.5, 0.6) is 5.75 Å². The third kappa shape index (κ3) is 6.46. The minimum atomic E-state index is -5.02. The first-order valence-electron chi connectivity index (χ1n) is 8.34. The first-order chi connectivity index (χ1) is 13.8. The molecule has 0 unspecified atom stereocenters. The molecular formula is C18H18F3NO6S2. The van der Waals surface area contributed by atoms with Gasteiger partial charge >= 0.3 is 16.3 Å². The van der Waals surface area contributed by atoms with Gasteiger partial charge in [0, 0.05) is 5.56 Å². The molecule has 0 bridgehead atoms. The first-order valence-corrected chi connectivity index (χ1v) is 11.6. The number of methoxy groups -OCH3 is 1. The summed E-state index contributed by atoms with van der Waals surface area (Å²) in [6.45, 7) is 1.74. The lowest BCUT2D eigenvalue weighted by Crippen LogP contribution is -2.25. The van der Waals surface area contributed by atoms with E-state index in [2.05, 4.69) is 9.44 Å².